The number of anilines is 1. The lowest BCUT2D eigenvalue weighted by atomic mass is 10.2. The fourth-order valence-corrected chi connectivity index (χ4v) is 2.71. The molecule has 1 aliphatic heterocycles. The minimum Gasteiger partial charge on any atom is -0.351 e. The van der Waals surface area contributed by atoms with E-state index in [4.69, 9.17) is 23.2 Å². The van der Waals surface area contributed by atoms with Crippen LogP contribution in [0.1, 0.15) is 12.5 Å². The summed E-state index contributed by atoms with van der Waals surface area (Å²) in [4.78, 5) is 12.9. The van der Waals surface area contributed by atoms with Crippen molar-refractivity contribution in [1.29, 1.82) is 0 Å². The number of nitrogens with zero attached hydrogens (tertiary/aromatic N) is 4. The number of aromatic nitrogens is 2. The summed E-state index contributed by atoms with van der Waals surface area (Å²) in [7, 11) is 2.13. The average Bonchev–Trinajstić information content (AvgIpc) is 2.29. The largest absolute Gasteiger partial charge is 0.351 e. The summed E-state index contributed by atoms with van der Waals surface area (Å²) < 4.78 is 0. The van der Waals surface area contributed by atoms with Gasteiger partial charge in [-0.2, -0.15) is 0 Å². The number of likely N-dealkylation sites (N-methyl/N-ethyl adjacent to an activating group) is 1. The van der Waals surface area contributed by atoms with Gasteiger partial charge < -0.3 is 9.80 Å². The van der Waals surface area contributed by atoms with Crippen LogP contribution in [0.5, 0.6) is 0 Å². The van der Waals surface area contributed by atoms with Crippen LogP contribution in [0.2, 0.25) is 5.15 Å². The highest BCUT2D eigenvalue weighted by Gasteiger charge is 2.25. The summed E-state index contributed by atoms with van der Waals surface area (Å²) in [6, 6.07) is 0.404. The fourth-order valence-electron chi connectivity index (χ4n) is 2.20. The summed E-state index contributed by atoms with van der Waals surface area (Å²) in [6.45, 7) is 5.16. The molecule has 0 aromatic carbocycles. The van der Waals surface area contributed by atoms with Crippen LogP contribution in [-0.4, -0.2) is 47.6 Å². The van der Waals surface area contributed by atoms with Crippen molar-refractivity contribution in [2.45, 2.75) is 18.8 Å². The number of halogens is 2. The van der Waals surface area contributed by atoms with Crippen molar-refractivity contribution < 1.29 is 0 Å². The minimum absolute atomic E-state index is 0.341. The topological polar surface area (TPSA) is 32.3 Å². The van der Waals surface area contributed by atoms with Crippen molar-refractivity contribution >= 4 is 29.0 Å². The molecule has 1 atom stereocenters. The van der Waals surface area contributed by atoms with E-state index in [2.05, 4.69) is 33.7 Å². The molecule has 0 bridgehead atoms. The van der Waals surface area contributed by atoms with E-state index in [9.17, 15) is 0 Å². The van der Waals surface area contributed by atoms with Crippen molar-refractivity contribution in [3.05, 3.63) is 17.0 Å². The Kier molecular flexibility index (Phi) is 4.07. The Balaban J connectivity index is 2.30. The molecular formula is C11H16Cl2N4. The third-order valence-corrected chi connectivity index (χ3v) is 3.70. The van der Waals surface area contributed by atoms with Crippen molar-refractivity contribution in [1.82, 2.24) is 14.9 Å². The highest BCUT2D eigenvalue weighted by atomic mass is 35.5. The lowest BCUT2D eigenvalue weighted by Gasteiger charge is -2.39. The summed E-state index contributed by atoms with van der Waals surface area (Å²) in [6.07, 6.45) is 1.50. The van der Waals surface area contributed by atoms with Crippen LogP contribution >= 0.6 is 23.2 Å². The Morgan fingerprint density at radius 1 is 1.41 bits per heavy atom. The van der Waals surface area contributed by atoms with E-state index in [1.165, 1.54) is 6.33 Å². The van der Waals surface area contributed by atoms with Crippen LogP contribution in [0.15, 0.2) is 6.33 Å². The Bertz CT molecular complexity index is 399. The molecule has 94 valence electrons. The predicted molar refractivity (Wildman–Crippen MR) is 70.9 cm³/mol. The molecule has 0 spiro atoms. The van der Waals surface area contributed by atoms with E-state index in [1.54, 1.807) is 0 Å². The zero-order chi connectivity index (χ0) is 12.4. The van der Waals surface area contributed by atoms with Gasteiger partial charge in [0, 0.05) is 31.2 Å². The van der Waals surface area contributed by atoms with Gasteiger partial charge in [0.25, 0.3) is 0 Å². The summed E-state index contributed by atoms with van der Waals surface area (Å²) in [5.74, 6) is 1.22. The molecule has 0 radical (unpaired) electrons. The second-order valence-corrected chi connectivity index (χ2v) is 5.03. The summed E-state index contributed by atoms with van der Waals surface area (Å²) in [5, 5.41) is 0.455. The number of piperazine rings is 1. The molecule has 6 heteroatoms. The van der Waals surface area contributed by atoms with E-state index < -0.39 is 0 Å². The second-order valence-electron chi connectivity index (χ2n) is 4.40. The van der Waals surface area contributed by atoms with Crippen LogP contribution in [0, 0.1) is 0 Å². The van der Waals surface area contributed by atoms with Gasteiger partial charge in [0.05, 0.1) is 5.88 Å². The molecule has 0 aliphatic carbocycles. The molecule has 4 nitrogen and oxygen atoms in total. The minimum atomic E-state index is 0.341. The molecule has 1 aromatic heterocycles. The Labute approximate surface area is 112 Å². The van der Waals surface area contributed by atoms with Crippen LogP contribution in [0.25, 0.3) is 0 Å². The molecule has 1 aliphatic rings. The highest BCUT2D eigenvalue weighted by molar-refractivity contribution is 6.31. The van der Waals surface area contributed by atoms with Crippen LogP contribution in [0.4, 0.5) is 5.82 Å². The first kappa shape index (κ1) is 12.9. The van der Waals surface area contributed by atoms with Gasteiger partial charge >= 0.3 is 0 Å². The lowest BCUT2D eigenvalue weighted by molar-refractivity contribution is 0.274. The summed E-state index contributed by atoms with van der Waals surface area (Å²) in [5.41, 5.74) is 0.826. The van der Waals surface area contributed by atoms with E-state index in [-0.39, 0.29) is 0 Å². The molecule has 1 saturated heterocycles. The second kappa shape index (κ2) is 5.38. The van der Waals surface area contributed by atoms with Gasteiger partial charge in [0.2, 0.25) is 0 Å². The van der Waals surface area contributed by atoms with E-state index >= 15 is 0 Å². The SMILES string of the molecule is CC1CN(C)CCN1c1ncnc(Cl)c1CCl. The molecule has 1 aromatic rings. The quantitative estimate of drug-likeness (QED) is 0.610. The van der Waals surface area contributed by atoms with E-state index in [0.29, 0.717) is 17.1 Å². The smallest absolute Gasteiger partial charge is 0.138 e. The Morgan fingerprint density at radius 3 is 2.82 bits per heavy atom. The molecule has 0 saturated carbocycles. The van der Waals surface area contributed by atoms with Gasteiger partial charge in [0.1, 0.15) is 17.3 Å². The van der Waals surface area contributed by atoms with Gasteiger partial charge in [0.15, 0.2) is 0 Å². The third-order valence-electron chi connectivity index (χ3n) is 3.11. The molecule has 0 N–H and O–H groups in total. The van der Waals surface area contributed by atoms with Crippen LogP contribution in [-0.2, 0) is 5.88 Å². The first-order chi connectivity index (χ1) is 8.13. The van der Waals surface area contributed by atoms with Gasteiger partial charge in [-0.15, -0.1) is 11.6 Å². The fraction of sp³-hybridized carbons (Fsp3) is 0.636. The molecule has 2 heterocycles. The van der Waals surface area contributed by atoms with Gasteiger partial charge in [-0.25, -0.2) is 9.97 Å². The molecule has 2 rings (SSSR count). The van der Waals surface area contributed by atoms with Crippen LogP contribution < -0.4 is 4.90 Å². The molecular weight excluding hydrogens is 259 g/mol. The Hall–Kier alpha value is -0.580. The maximum Gasteiger partial charge on any atom is 0.138 e. The van der Waals surface area contributed by atoms with Crippen LogP contribution in [0.3, 0.4) is 0 Å². The summed E-state index contributed by atoms with van der Waals surface area (Å²) >= 11 is 12.0. The predicted octanol–water partition coefficient (Wildman–Crippen LogP) is 2.01. The maximum absolute atomic E-state index is 6.05. The number of hydrogen-bond donors (Lipinski definition) is 0. The molecule has 1 fully saturated rings. The van der Waals surface area contributed by atoms with Crippen molar-refractivity contribution in [2.24, 2.45) is 0 Å². The lowest BCUT2D eigenvalue weighted by Crippen LogP contribution is -2.51. The number of hydrogen-bond acceptors (Lipinski definition) is 4. The molecule has 17 heavy (non-hydrogen) atoms. The first-order valence-electron chi connectivity index (χ1n) is 5.64. The molecule has 0 amide bonds. The zero-order valence-corrected chi connectivity index (χ0v) is 11.5. The van der Waals surface area contributed by atoms with Gasteiger partial charge in [-0.1, -0.05) is 11.6 Å². The number of rotatable bonds is 2. The maximum atomic E-state index is 6.05. The average molecular weight is 275 g/mol. The zero-order valence-electron chi connectivity index (χ0n) is 10.0. The van der Waals surface area contributed by atoms with Gasteiger partial charge in [-0.05, 0) is 14.0 Å². The standard InChI is InChI=1S/C11H16Cl2N4/c1-8-6-16(2)3-4-17(8)11-9(5-12)10(13)14-7-15-11/h7-8H,3-6H2,1-2H3. The number of alkyl halides is 1. The highest BCUT2D eigenvalue weighted by Crippen LogP contribution is 2.27. The molecule has 1 unspecified atom stereocenters. The van der Waals surface area contributed by atoms with E-state index in [1.807, 2.05) is 0 Å². The van der Waals surface area contributed by atoms with Gasteiger partial charge in [-0.3, -0.25) is 0 Å². The monoisotopic (exact) mass is 274 g/mol. The third kappa shape index (κ3) is 2.64. The first-order valence-corrected chi connectivity index (χ1v) is 6.55. The van der Waals surface area contributed by atoms with E-state index in [0.717, 1.165) is 31.0 Å². The van der Waals surface area contributed by atoms with Crippen molar-refractivity contribution in [2.75, 3.05) is 31.6 Å². The normalized spacial score (nSPS) is 21.9. The van der Waals surface area contributed by atoms with Crippen molar-refractivity contribution in [3.63, 3.8) is 0 Å². The van der Waals surface area contributed by atoms with Crippen molar-refractivity contribution in [3.8, 4) is 0 Å². The Morgan fingerprint density at radius 2 is 2.18 bits per heavy atom.